The minimum atomic E-state index is -0.253. The molecule has 0 aliphatic rings. The second-order valence-electron chi connectivity index (χ2n) is 5.19. The molecule has 2 rings (SSSR count). The monoisotopic (exact) mass is 409 g/mol. The number of hydrogen-bond acceptors (Lipinski definition) is 4. The van der Waals surface area contributed by atoms with Crippen LogP contribution in [0, 0.1) is 0 Å². The van der Waals surface area contributed by atoms with Gasteiger partial charge in [0.1, 0.15) is 0 Å². The molecule has 1 heterocycles. The summed E-state index contributed by atoms with van der Waals surface area (Å²) in [5.41, 5.74) is 0.685. The zero-order chi connectivity index (χ0) is 17.4. The van der Waals surface area contributed by atoms with Crippen LogP contribution >= 0.6 is 27.3 Å². The second-order valence-corrected chi connectivity index (χ2v) is 7.07. The van der Waals surface area contributed by atoms with Gasteiger partial charge in [-0.15, -0.1) is 11.3 Å². The Morgan fingerprint density at radius 2 is 1.96 bits per heavy atom. The van der Waals surface area contributed by atoms with Crippen LogP contribution in [0.25, 0.3) is 0 Å². The minimum absolute atomic E-state index is 0.0449. The lowest BCUT2D eigenvalue weighted by atomic mass is 10.3. The largest absolute Gasteiger partial charge is 0.346 e. The molecule has 1 aromatic carbocycles. The number of likely N-dealkylation sites (N-methyl/N-ethyl adjacent to an activating group) is 1. The normalized spacial score (nSPS) is 10.6. The van der Waals surface area contributed by atoms with E-state index in [0.29, 0.717) is 5.69 Å². The van der Waals surface area contributed by atoms with Gasteiger partial charge in [-0.2, -0.15) is 0 Å². The third-order valence-electron chi connectivity index (χ3n) is 3.37. The zero-order valence-corrected chi connectivity index (χ0v) is 15.8. The number of thiophene rings is 1. The third-order valence-corrected chi connectivity index (χ3v) is 4.92. The van der Waals surface area contributed by atoms with Gasteiger partial charge in [0.15, 0.2) is 0 Å². The van der Waals surface area contributed by atoms with Crippen LogP contribution in [0.5, 0.6) is 0 Å². The van der Waals surface area contributed by atoms with Crippen molar-refractivity contribution in [2.45, 2.75) is 13.5 Å². The van der Waals surface area contributed by atoms with Crippen molar-refractivity contribution in [1.82, 2.24) is 10.2 Å². The van der Waals surface area contributed by atoms with E-state index in [-0.39, 0.29) is 24.9 Å². The molecule has 5 nitrogen and oxygen atoms in total. The lowest BCUT2D eigenvalue weighted by Crippen LogP contribution is -2.40. The Kier molecular flexibility index (Phi) is 7.42. The number of hydrogen-bond donors (Lipinski definition) is 2. The molecule has 1 aromatic heterocycles. The number of carbonyl (C=O) groups excluding carboxylic acids is 2. The predicted octanol–water partition coefficient (Wildman–Crippen LogP) is 3.09. The van der Waals surface area contributed by atoms with Crippen molar-refractivity contribution in [3.8, 4) is 0 Å². The number of anilines is 1. The first-order valence-corrected chi connectivity index (χ1v) is 9.31. The van der Waals surface area contributed by atoms with E-state index in [2.05, 4.69) is 32.6 Å². The number of amides is 2. The van der Waals surface area contributed by atoms with E-state index in [1.54, 1.807) is 17.4 Å². The number of rotatable bonds is 8. The lowest BCUT2D eigenvalue weighted by molar-refractivity contribution is -0.125. The molecule has 0 atom stereocenters. The maximum absolute atomic E-state index is 12.0. The second kappa shape index (κ2) is 9.56. The van der Waals surface area contributed by atoms with Gasteiger partial charge in [-0.1, -0.05) is 25.1 Å². The van der Waals surface area contributed by atoms with Gasteiger partial charge in [0, 0.05) is 15.9 Å². The van der Waals surface area contributed by atoms with E-state index in [9.17, 15) is 9.59 Å². The average molecular weight is 410 g/mol. The Morgan fingerprint density at radius 3 is 2.62 bits per heavy atom. The molecule has 0 fully saturated rings. The Bertz CT molecular complexity index is 676. The first kappa shape index (κ1) is 18.6. The predicted molar refractivity (Wildman–Crippen MR) is 101 cm³/mol. The Hall–Kier alpha value is -1.70. The summed E-state index contributed by atoms with van der Waals surface area (Å²) in [6.45, 7) is 3.76. The van der Waals surface area contributed by atoms with Crippen LogP contribution in [0.2, 0.25) is 0 Å². The van der Waals surface area contributed by atoms with Crippen LogP contribution in [0.1, 0.15) is 11.8 Å². The Labute approximate surface area is 154 Å². The van der Waals surface area contributed by atoms with Crippen LogP contribution in [0.15, 0.2) is 46.3 Å². The average Bonchev–Trinajstić information content (AvgIpc) is 3.07. The summed E-state index contributed by atoms with van der Waals surface area (Å²) >= 11 is 5.04. The van der Waals surface area contributed by atoms with Crippen LogP contribution < -0.4 is 10.6 Å². The maximum atomic E-state index is 12.0. The van der Waals surface area contributed by atoms with Gasteiger partial charge in [-0.05, 0) is 46.1 Å². The number of halogens is 1. The van der Waals surface area contributed by atoms with E-state index in [4.69, 9.17) is 0 Å². The van der Waals surface area contributed by atoms with Crippen molar-refractivity contribution in [2.75, 3.05) is 25.0 Å². The molecule has 0 bridgehead atoms. The third kappa shape index (κ3) is 6.07. The molecule has 0 aliphatic heterocycles. The smallest absolute Gasteiger partial charge is 0.243 e. The molecule has 0 aliphatic carbocycles. The van der Waals surface area contributed by atoms with Gasteiger partial charge in [0.05, 0.1) is 18.8 Å². The van der Waals surface area contributed by atoms with Gasteiger partial charge in [0.2, 0.25) is 11.8 Å². The highest BCUT2D eigenvalue weighted by molar-refractivity contribution is 9.10. The number of nitrogens with zero attached hydrogens (tertiary/aromatic N) is 1. The van der Waals surface area contributed by atoms with Crippen LogP contribution in [-0.2, 0) is 16.1 Å². The Balaban J connectivity index is 1.75. The zero-order valence-electron chi connectivity index (χ0n) is 13.4. The molecule has 24 heavy (non-hydrogen) atoms. The van der Waals surface area contributed by atoms with Crippen molar-refractivity contribution >= 4 is 44.8 Å². The summed E-state index contributed by atoms with van der Waals surface area (Å²) in [6.07, 6.45) is 0. The fourth-order valence-corrected chi connectivity index (χ4v) is 3.23. The number of nitrogens with one attached hydrogen (secondary N) is 2. The molecule has 0 radical (unpaired) electrons. The number of para-hydroxylation sites is 1. The van der Waals surface area contributed by atoms with E-state index >= 15 is 0 Å². The van der Waals surface area contributed by atoms with E-state index in [1.165, 1.54) is 4.88 Å². The minimum Gasteiger partial charge on any atom is -0.346 e. The molecular formula is C17H20BrN3O2S. The van der Waals surface area contributed by atoms with Crippen molar-refractivity contribution in [1.29, 1.82) is 0 Å². The highest BCUT2D eigenvalue weighted by Crippen LogP contribution is 2.20. The van der Waals surface area contributed by atoms with Crippen LogP contribution in [0.3, 0.4) is 0 Å². The fraction of sp³-hybridized carbons (Fsp3) is 0.294. The van der Waals surface area contributed by atoms with Crippen LogP contribution in [-0.4, -0.2) is 36.3 Å². The summed E-state index contributed by atoms with van der Waals surface area (Å²) in [7, 11) is 0. The van der Waals surface area contributed by atoms with Gasteiger partial charge in [-0.25, -0.2) is 0 Å². The van der Waals surface area contributed by atoms with Gasteiger partial charge in [0.25, 0.3) is 0 Å². The van der Waals surface area contributed by atoms with Crippen LogP contribution in [0.4, 0.5) is 5.69 Å². The quantitative estimate of drug-likeness (QED) is 0.703. The maximum Gasteiger partial charge on any atom is 0.243 e. The molecule has 2 amide bonds. The summed E-state index contributed by atoms with van der Waals surface area (Å²) in [6, 6.07) is 11.4. The van der Waals surface area contributed by atoms with E-state index in [0.717, 1.165) is 17.6 Å². The van der Waals surface area contributed by atoms with Gasteiger partial charge < -0.3 is 10.6 Å². The number of carbonyl (C=O) groups is 2. The van der Waals surface area contributed by atoms with Crippen molar-refractivity contribution in [3.05, 3.63) is 51.1 Å². The highest BCUT2D eigenvalue weighted by Gasteiger charge is 2.12. The summed E-state index contributed by atoms with van der Waals surface area (Å²) < 4.78 is 0.804. The topological polar surface area (TPSA) is 61.4 Å². The molecule has 7 heteroatoms. The molecule has 0 unspecified atom stereocenters. The summed E-state index contributed by atoms with van der Waals surface area (Å²) in [5, 5.41) is 7.44. The van der Waals surface area contributed by atoms with E-state index < -0.39 is 0 Å². The van der Waals surface area contributed by atoms with Gasteiger partial charge >= 0.3 is 0 Å². The van der Waals surface area contributed by atoms with Crippen molar-refractivity contribution < 1.29 is 9.59 Å². The standard InChI is InChI=1S/C17H20BrN3O2S/c1-2-21(11-13-6-5-9-24-13)12-17(23)19-10-16(22)20-15-8-4-3-7-14(15)18/h3-9H,2,10-12H2,1H3,(H,19,23)(H,20,22). The first-order chi connectivity index (χ1) is 11.6. The first-order valence-electron chi connectivity index (χ1n) is 7.64. The highest BCUT2D eigenvalue weighted by atomic mass is 79.9. The summed E-state index contributed by atoms with van der Waals surface area (Å²) in [4.78, 5) is 27.2. The Morgan fingerprint density at radius 1 is 1.17 bits per heavy atom. The molecule has 2 aromatic rings. The summed E-state index contributed by atoms with van der Waals surface area (Å²) in [5.74, 6) is -0.410. The molecular weight excluding hydrogens is 390 g/mol. The van der Waals surface area contributed by atoms with Crippen molar-refractivity contribution in [2.24, 2.45) is 0 Å². The fourth-order valence-electron chi connectivity index (χ4n) is 2.10. The van der Waals surface area contributed by atoms with E-state index in [1.807, 2.05) is 41.5 Å². The molecule has 2 N–H and O–H groups in total. The van der Waals surface area contributed by atoms with Gasteiger partial charge in [-0.3, -0.25) is 14.5 Å². The molecule has 0 saturated heterocycles. The SMILES string of the molecule is CCN(CC(=O)NCC(=O)Nc1ccccc1Br)Cc1cccs1. The lowest BCUT2D eigenvalue weighted by Gasteiger charge is -2.19. The van der Waals surface area contributed by atoms with Crippen molar-refractivity contribution in [3.63, 3.8) is 0 Å². The molecule has 128 valence electrons. The molecule has 0 saturated carbocycles. The number of benzene rings is 1. The molecule has 0 spiro atoms.